The second kappa shape index (κ2) is 9.59. The number of fused-ring (bicyclic) bond motifs is 1. The molecule has 1 aromatic heterocycles. The van der Waals surface area contributed by atoms with Gasteiger partial charge in [-0.25, -0.2) is 4.98 Å². The van der Waals surface area contributed by atoms with Crippen molar-refractivity contribution in [3.63, 3.8) is 0 Å². The van der Waals surface area contributed by atoms with Crippen molar-refractivity contribution < 1.29 is 28.7 Å². The van der Waals surface area contributed by atoms with Crippen molar-refractivity contribution in [1.82, 2.24) is 9.88 Å². The lowest BCUT2D eigenvalue weighted by Crippen LogP contribution is -2.48. The van der Waals surface area contributed by atoms with Gasteiger partial charge in [0, 0.05) is 32.2 Å². The molecule has 34 heavy (non-hydrogen) atoms. The highest BCUT2D eigenvalue weighted by atomic mass is 32.1. The zero-order valence-corrected chi connectivity index (χ0v) is 20.0. The third kappa shape index (κ3) is 4.12. The lowest BCUT2D eigenvalue weighted by molar-refractivity contribution is -0.385. The molecule has 0 bridgehead atoms. The van der Waals surface area contributed by atoms with Gasteiger partial charge in [0.2, 0.25) is 0 Å². The van der Waals surface area contributed by atoms with Crippen LogP contribution in [0.15, 0.2) is 24.3 Å². The van der Waals surface area contributed by atoms with E-state index in [2.05, 4.69) is 4.90 Å². The first-order valence-corrected chi connectivity index (χ1v) is 11.2. The molecule has 180 valence electrons. The third-order valence-electron chi connectivity index (χ3n) is 5.67. The summed E-state index contributed by atoms with van der Waals surface area (Å²) in [4.78, 5) is 32.6. The number of benzene rings is 2. The summed E-state index contributed by atoms with van der Waals surface area (Å²) in [5.74, 6) is 1.40. The van der Waals surface area contributed by atoms with E-state index in [1.165, 1.54) is 37.7 Å². The Bertz CT molecular complexity index is 1200. The lowest BCUT2D eigenvalue weighted by atomic mass is 10.1. The van der Waals surface area contributed by atoms with Crippen molar-refractivity contribution in [2.75, 3.05) is 59.5 Å². The Morgan fingerprint density at radius 3 is 2.12 bits per heavy atom. The molecule has 12 heteroatoms. The number of hydrogen-bond donors (Lipinski definition) is 0. The number of carbonyl (C=O) groups excluding carboxylic acids is 1. The number of methoxy groups -OCH3 is 4. The summed E-state index contributed by atoms with van der Waals surface area (Å²) in [7, 11) is 6.00. The highest BCUT2D eigenvalue weighted by Gasteiger charge is 2.31. The lowest BCUT2D eigenvalue weighted by Gasteiger charge is -2.34. The maximum Gasteiger partial charge on any atom is 0.286 e. The van der Waals surface area contributed by atoms with Gasteiger partial charge in [0.25, 0.3) is 11.6 Å². The van der Waals surface area contributed by atoms with Gasteiger partial charge in [0.15, 0.2) is 16.6 Å². The minimum atomic E-state index is -0.590. The van der Waals surface area contributed by atoms with Crippen LogP contribution in [0.1, 0.15) is 10.4 Å². The first kappa shape index (κ1) is 23.4. The molecule has 0 saturated carbocycles. The molecule has 1 aliphatic rings. The summed E-state index contributed by atoms with van der Waals surface area (Å²) in [5.41, 5.74) is 0.363. The van der Waals surface area contributed by atoms with Gasteiger partial charge in [-0.05, 0) is 12.1 Å². The molecule has 1 fully saturated rings. The van der Waals surface area contributed by atoms with Crippen LogP contribution in [0.4, 0.5) is 10.8 Å². The number of nitro groups is 1. The summed E-state index contributed by atoms with van der Waals surface area (Å²) in [5, 5.41) is 12.4. The zero-order chi connectivity index (χ0) is 24.4. The Morgan fingerprint density at radius 1 is 0.941 bits per heavy atom. The Hall–Kier alpha value is -3.80. The Kier molecular flexibility index (Phi) is 6.59. The van der Waals surface area contributed by atoms with Gasteiger partial charge >= 0.3 is 0 Å². The maximum absolute atomic E-state index is 13.2. The minimum absolute atomic E-state index is 0.0365. The van der Waals surface area contributed by atoms with Gasteiger partial charge in [-0.15, -0.1) is 0 Å². The second-order valence-electron chi connectivity index (χ2n) is 7.40. The number of thiazole rings is 1. The summed E-state index contributed by atoms with van der Waals surface area (Å²) in [6, 6.07) is 6.23. The van der Waals surface area contributed by atoms with Gasteiger partial charge < -0.3 is 28.7 Å². The molecular weight excluding hydrogens is 464 g/mol. The number of amides is 1. The molecule has 1 aliphatic heterocycles. The van der Waals surface area contributed by atoms with Crippen LogP contribution in [0, 0.1) is 10.1 Å². The maximum atomic E-state index is 13.2. The number of hydrogen-bond acceptors (Lipinski definition) is 10. The fourth-order valence-corrected chi connectivity index (χ4v) is 5.00. The molecule has 0 spiro atoms. The summed E-state index contributed by atoms with van der Waals surface area (Å²) in [6.07, 6.45) is 0. The van der Waals surface area contributed by atoms with E-state index in [0.29, 0.717) is 37.7 Å². The molecule has 0 atom stereocenters. The fraction of sp³-hybridized carbons (Fsp3) is 0.364. The number of nitrogens with zero attached hydrogens (tertiary/aromatic N) is 4. The topological polar surface area (TPSA) is 117 Å². The minimum Gasteiger partial charge on any atom is -0.495 e. The van der Waals surface area contributed by atoms with Gasteiger partial charge in [-0.2, -0.15) is 0 Å². The molecule has 0 aliphatic carbocycles. The monoisotopic (exact) mass is 488 g/mol. The normalized spacial score (nSPS) is 13.6. The molecule has 2 heterocycles. The highest BCUT2D eigenvalue weighted by molar-refractivity contribution is 7.22. The Balaban J connectivity index is 1.56. The molecule has 0 N–H and O–H groups in total. The molecule has 0 unspecified atom stereocenters. The van der Waals surface area contributed by atoms with Crippen molar-refractivity contribution in [1.29, 1.82) is 0 Å². The van der Waals surface area contributed by atoms with Gasteiger partial charge in [0.1, 0.15) is 27.3 Å². The van der Waals surface area contributed by atoms with Crippen molar-refractivity contribution in [3.8, 4) is 23.0 Å². The van der Waals surface area contributed by atoms with Gasteiger partial charge in [-0.3, -0.25) is 14.9 Å². The Morgan fingerprint density at radius 2 is 1.53 bits per heavy atom. The van der Waals surface area contributed by atoms with Crippen LogP contribution >= 0.6 is 11.3 Å². The number of nitro benzene ring substituents is 1. The largest absolute Gasteiger partial charge is 0.495 e. The summed E-state index contributed by atoms with van der Waals surface area (Å²) in [6.45, 7) is 1.82. The van der Waals surface area contributed by atoms with E-state index in [1.807, 2.05) is 12.1 Å². The quantitative estimate of drug-likeness (QED) is 0.365. The van der Waals surface area contributed by atoms with Crippen LogP contribution in [0.3, 0.4) is 0 Å². The number of carbonyl (C=O) groups is 1. The summed E-state index contributed by atoms with van der Waals surface area (Å²) < 4.78 is 22.2. The van der Waals surface area contributed by atoms with Crippen molar-refractivity contribution >= 4 is 38.3 Å². The van der Waals surface area contributed by atoms with E-state index < -0.39 is 10.8 Å². The SMILES string of the molecule is COc1cc(C(=O)N2CCN(c3nc4c(OC)ccc(OC)c4s3)CC2)c([N+](=O)[O-])cc1OC. The van der Waals surface area contributed by atoms with Crippen molar-refractivity contribution in [2.45, 2.75) is 0 Å². The molecular formula is C22H24N4O7S. The van der Waals surface area contributed by atoms with Crippen LogP contribution in [-0.4, -0.2) is 75.3 Å². The number of rotatable bonds is 7. The zero-order valence-electron chi connectivity index (χ0n) is 19.2. The van der Waals surface area contributed by atoms with Crippen LogP contribution in [0.5, 0.6) is 23.0 Å². The number of piperazine rings is 1. The molecule has 1 amide bonds. The van der Waals surface area contributed by atoms with Crippen LogP contribution < -0.4 is 23.8 Å². The Labute approximate surface area is 199 Å². The first-order valence-electron chi connectivity index (χ1n) is 10.4. The fourth-order valence-electron chi connectivity index (χ4n) is 3.87. The first-order chi connectivity index (χ1) is 16.4. The van der Waals surface area contributed by atoms with Crippen molar-refractivity contribution in [2.24, 2.45) is 0 Å². The van der Waals surface area contributed by atoms with Gasteiger partial charge in [-0.1, -0.05) is 11.3 Å². The second-order valence-corrected chi connectivity index (χ2v) is 8.38. The summed E-state index contributed by atoms with van der Waals surface area (Å²) >= 11 is 1.49. The number of anilines is 1. The molecule has 0 radical (unpaired) electrons. The van der Waals surface area contributed by atoms with E-state index in [9.17, 15) is 14.9 Å². The molecule has 4 rings (SSSR count). The van der Waals surface area contributed by atoms with Crippen LogP contribution in [-0.2, 0) is 0 Å². The van der Waals surface area contributed by atoms with E-state index in [4.69, 9.17) is 23.9 Å². The number of ether oxygens (including phenoxy) is 4. The van der Waals surface area contributed by atoms with E-state index in [0.717, 1.165) is 15.3 Å². The third-order valence-corrected chi connectivity index (χ3v) is 6.80. The molecule has 11 nitrogen and oxygen atoms in total. The van der Waals surface area contributed by atoms with E-state index in [-0.39, 0.29) is 22.7 Å². The molecule has 1 saturated heterocycles. The standard InChI is InChI=1S/C22H24N4O7S/c1-30-15-5-6-16(31-2)20-19(15)23-22(34-20)25-9-7-24(8-10-25)21(27)13-11-17(32-3)18(33-4)12-14(13)26(28)29/h5-6,11-12H,7-10H2,1-4H3. The molecule has 2 aromatic carbocycles. The smallest absolute Gasteiger partial charge is 0.286 e. The predicted molar refractivity (Wildman–Crippen MR) is 127 cm³/mol. The van der Waals surface area contributed by atoms with E-state index >= 15 is 0 Å². The average molecular weight is 489 g/mol. The van der Waals surface area contributed by atoms with Crippen LogP contribution in [0.2, 0.25) is 0 Å². The molecule has 3 aromatic rings. The predicted octanol–water partition coefficient (Wildman–Crippen LogP) is 3.20. The van der Waals surface area contributed by atoms with Crippen LogP contribution in [0.25, 0.3) is 10.2 Å². The van der Waals surface area contributed by atoms with E-state index in [1.54, 1.807) is 19.1 Å². The van der Waals surface area contributed by atoms with Crippen molar-refractivity contribution in [3.05, 3.63) is 39.9 Å². The number of aromatic nitrogens is 1. The highest BCUT2D eigenvalue weighted by Crippen LogP contribution is 2.40. The average Bonchev–Trinajstić information content (AvgIpc) is 3.32. The van der Waals surface area contributed by atoms with Gasteiger partial charge in [0.05, 0.1) is 39.4 Å².